The van der Waals surface area contributed by atoms with Crippen molar-refractivity contribution >= 4 is 17.2 Å². The summed E-state index contributed by atoms with van der Waals surface area (Å²) >= 11 is 1.76. The molecule has 1 fully saturated rings. The van der Waals surface area contributed by atoms with Gasteiger partial charge in [0.15, 0.2) is 0 Å². The summed E-state index contributed by atoms with van der Waals surface area (Å²) in [7, 11) is 0. The number of likely N-dealkylation sites (tertiary alicyclic amines) is 1. The van der Waals surface area contributed by atoms with Crippen LogP contribution in [0, 0.1) is 5.92 Å². The van der Waals surface area contributed by atoms with Gasteiger partial charge < -0.3 is 4.90 Å². The third kappa shape index (κ3) is 4.55. The van der Waals surface area contributed by atoms with Crippen LogP contribution in [0.5, 0.6) is 0 Å². The van der Waals surface area contributed by atoms with E-state index in [-0.39, 0.29) is 18.0 Å². The molecule has 0 spiro atoms. The van der Waals surface area contributed by atoms with Crippen molar-refractivity contribution in [3.05, 3.63) is 22.4 Å². The molecule has 1 N–H and O–H groups in total. The van der Waals surface area contributed by atoms with Crippen LogP contribution >= 0.6 is 11.3 Å². The van der Waals surface area contributed by atoms with Gasteiger partial charge in [-0.1, -0.05) is 32.8 Å². The Kier molecular flexibility index (Phi) is 6.24. The molecule has 21 heavy (non-hydrogen) atoms. The summed E-state index contributed by atoms with van der Waals surface area (Å²) in [6.07, 6.45) is 4.82. The molecule has 118 valence electrons. The summed E-state index contributed by atoms with van der Waals surface area (Å²) in [6, 6.07) is 4.39. The number of carbonyl (C=O) groups excluding carboxylic acids is 1. The number of carbonyl (C=O) groups is 1. The van der Waals surface area contributed by atoms with Crippen molar-refractivity contribution in [2.45, 2.75) is 58.5 Å². The summed E-state index contributed by atoms with van der Waals surface area (Å²) in [5.41, 5.74) is 0. The van der Waals surface area contributed by atoms with Gasteiger partial charge in [-0.15, -0.1) is 11.3 Å². The highest BCUT2D eigenvalue weighted by Crippen LogP contribution is 2.26. The number of nitrogens with zero attached hydrogens (tertiary/aromatic N) is 1. The molecule has 2 heterocycles. The van der Waals surface area contributed by atoms with Crippen LogP contribution in [0.2, 0.25) is 0 Å². The van der Waals surface area contributed by atoms with Crippen LogP contribution in [0.15, 0.2) is 17.5 Å². The number of rotatable bonds is 5. The summed E-state index contributed by atoms with van der Waals surface area (Å²) in [5, 5.41) is 5.66. The average Bonchev–Trinajstić information content (AvgIpc) is 2.85. The minimum atomic E-state index is -0.113. The lowest BCUT2D eigenvalue weighted by molar-refractivity contribution is -0.133. The van der Waals surface area contributed by atoms with Gasteiger partial charge in [-0.05, 0) is 37.1 Å². The van der Waals surface area contributed by atoms with E-state index in [4.69, 9.17) is 0 Å². The second-order valence-electron chi connectivity index (χ2n) is 6.36. The third-order valence-corrected chi connectivity index (χ3v) is 5.19. The maximum Gasteiger partial charge on any atom is 0.239 e. The predicted octanol–water partition coefficient (Wildman–Crippen LogP) is 3.83. The van der Waals surface area contributed by atoms with Crippen molar-refractivity contribution in [3.63, 3.8) is 0 Å². The molecule has 1 aromatic rings. The molecule has 1 aliphatic heterocycles. The molecular weight excluding hydrogens is 280 g/mol. The highest BCUT2D eigenvalue weighted by atomic mass is 32.1. The monoisotopic (exact) mass is 308 g/mol. The Morgan fingerprint density at radius 3 is 2.38 bits per heavy atom. The smallest absolute Gasteiger partial charge is 0.239 e. The van der Waals surface area contributed by atoms with Gasteiger partial charge in [0.2, 0.25) is 5.91 Å². The van der Waals surface area contributed by atoms with Crippen LogP contribution in [0.3, 0.4) is 0 Å². The first-order valence-electron chi connectivity index (χ1n) is 8.18. The Morgan fingerprint density at radius 2 is 1.86 bits per heavy atom. The van der Waals surface area contributed by atoms with Crippen molar-refractivity contribution in [2.24, 2.45) is 5.92 Å². The second kappa shape index (κ2) is 7.95. The quantitative estimate of drug-likeness (QED) is 0.896. The van der Waals surface area contributed by atoms with Gasteiger partial charge in [-0.25, -0.2) is 0 Å². The van der Waals surface area contributed by atoms with Crippen LogP contribution < -0.4 is 5.32 Å². The molecule has 1 aliphatic rings. The maximum absolute atomic E-state index is 12.6. The first-order chi connectivity index (χ1) is 10.1. The molecule has 0 aliphatic carbocycles. The number of amides is 1. The molecule has 3 nitrogen and oxygen atoms in total. The summed E-state index contributed by atoms with van der Waals surface area (Å²) in [4.78, 5) is 16.0. The number of hydrogen-bond donors (Lipinski definition) is 1. The van der Waals surface area contributed by atoms with Crippen LogP contribution in [0.25, 0.3) is 0 Å². The Morgan fingerprint density at radius 1 is 1.19 bits per heavy atom. The minimum absolute atomic E-state index is 0.113. The lowest BCUT2D eigenvalue weighted by Crippen LogP contribution is -2.47. The summed E-state index contributed by atoms with van der Waals surface area (Å²) in [6.45, 7) is 8.28. The molecule has 1 aromatic heterocycles. The topological polar surface area (TPSA) is 32.3 Å². The molecule has 4 heteroatoms. The Hall–Kier alpha value is -0.870. The molecular formula is C17H28N2OS. The fourth-order valence-electron chi connectivity index (χ4n) is 2.98. The molecule has 0 bridgehead atoms. The first kappa shape index (κ1) is 16.5. The highest BCUT2D eigenvalue weighted by molar-refractivity contribution is 7.10. The fraction of sp³-hybridized carbons (Fsp3) is 0.706. The third-order valence-electron chi connectivity index (χ3n) is 4.23. The van der Waals surface area contributed by atoms with Gasteiger partial charge in [0, 0.05) is 24.0 Å². The van der Waals surface area contributed by atoms with Crippen LogP contribution in [0.4, 0.5) is 0 Å². The zero-order chi connectivity index (χ0) is 15.2. The molecule has 2 atom stereocenters. The van der Waals surface area contributed by atoms with Crippen molar-refractivity contribution in [1.29, 1.82) is 0 Å². The van der Waals surface area contributed by atoms with Crippen LogP contribution in [-0.2, 0) is 4.79 Å². The lowest BCUT2D eigenvalue weighted by Gasteiger charge is -2.29. The maximum atomic E-state index is 12.6. The lowest BCUT2D eigenvalue weighted by atomic mass is 10.0. The number of nitrogens with one attached hydrogen (secondary N) is 1. The molecule has 0 aromatic carbocycles. The van der Waals surface area contributed by atoms with E-state index in [1.807, 2.05) is 6.92 Å². The molecule has 0 radical (unpaired) electrons. The van der Waals surface area contributed by atoms with Gasteiger partial charge >= 0.3 is 0 Å². The van der Waals surface area contributed by atoms with Crippen molar-refractivity contribution in [1.82, 2.24) is 10.2 Å². The highest BCUT2D eigenvalue weighted by Gasteiger charge is 2.26. The second-order valence-corrected chi connectivity index (χ2v) is 7.34. The molecule has 2 unspecified atom stereocenters. The largest absolute Gasteiger partial charge is 0.341 e. The van der Waals surface area contributed by atoms with E-state index in [0.29, 0.717) is 5.92 Å². The Balaban J connectivity index is 1.97. The zero-order valence-corrected chi connectivity index (χ0v) is 14.3. The summed E-state index contributed by atoms with van der Waals surface area (Å²) in [5.74, 6) is 0.738. The van der Waals surface area contributed by atoms with Crippen molar-refractivity contribution in [2.75, 3.05) is 13.1 Å². The van der Waals surface area contributed by atoms with Crippen molar-refractivity contribution < 1.29 is 4.79 Å². The molecule has 0 saturated carbocycles. The predicted molar refractivity (Wildman–Crippen MR) is 89.5 cm³/mol. The average molecular weight is 308 g/mol. The van der Waals surface area contributed by atoms with E-state index >= 15 is 0 Å². The Bertz CT molecular complexity index is 422. The van der Waals surface area contributed by atoms with Crippen LogP contribution in [0.1, 0.15) is 57.4 Å². The van der Waals surface area contributed by atoms with Crippen molar-refractivity contribution in [3.8, 4) is 0 Å². The van der Waals surface area contributed by atoms with Gasteiger partial charge in [-0.2, -0.15) is 0 Å². The van der Waals surface area contributed by atoms with E-state index in [9.17, 15) is 4.79 Å². The fourth-order valence-corrected chi connectivity index (χ4v) is 3.94. The Labute approximate surface area is 132 Å². The van der Waals surface area contributed by atoms with E-state index in [1.165, 1.54) is 17.7 Å². The molecule has 2 rings (SSSR count). The zero-order valence-electron chi connectivity index (χ0n) is 13.5. The first-order valence-corrected chi connectivity index (χ1v) is 9.06. The normalized spacial score (nSPS) is 19.3. The van der Waals surface area contributed by atoms with Gasteiger partial charge in [0.05, 0.1) is 6.04 Å². The standard InChI is InChI=1S/C17H28N2OS/c1-13(2)16(15-9-8-12-21-15)18-14(3)17(20)19-10-6-4-5-7-11-19/h8-9,12-14,16,18H,4-7,10-11H2,1-3H3. The summed E-state index contributed by atoms with van der Waals surface area (Å²) < 4.78 is 0. The van der Waals surface area contributed by atoms with E-state index < -0.39 is 0 Å². The van der Waals surface area contributed by atoms with E-state index in [1.54, 1.807) is 11.3 Å². The van der Waals surface area contributed by atoms with Gasteiger partial charge in [-0.3, -0.25) is 10.1 Å². The minimum Gasteiger partial charge on any atom is -0.341 e. The van der Waals surface area contributed by atoms with Gasteiger partial charge in [0.25, 0.3) is 0 Å². The molecule has 1 saturated heterocycles. The number of hydrogen-bond acceptors (Lipinski definition) is 3. The van der Waals surface area contributed by atoms with E-state index in [0.717, 1.165) is 25.9 Å². The SMILES string of the molecule is CC(NC(c1cccs1)C(C)C)C(=O)N1CCCCCC1. The van der Waals surface area contributed by atoms with Crippen LogP contribution in [-0.4, -0.2) is 29.9 Å². The molecule has 1 amide bonds. The van der Waals surface area contributed by atoms with Gasteiger partial charge in [0.1, 0.15) is 0 Å². The van der Waals surface area contributed by atoms with E-state index in [2.05, 4.69) is 41.6 Å². The number of thiophene rings is 1.